The third-order valence-electron chi connectivity index (χ3n) is 1.23. The van der Waals surface area contributed by atoms with Gasteiger partial charge in [-0.3, -0.25) is 0 Å². The van der Waals surface area contributed by atoms with Gasteiger partial charge in [0.2, 0.25) is 0 Å². The highest BCUT2D eigenvalue weighted by Gasteiger charge is 2.21. The summed E-state index contributed by atoms with van der Waals surface area (Å²) in [7, 11) is 0. The topological polar surface area (TPSA) is 29.5 Å². The third-order valence-corrected chi connectivity index (χ3v) is 2.21. The first-order chi connectivity index (χ1) is 3.83. The fourth-order valence-electron chi connectivity index (χ4n) is 0.794. The number of alkyl halides is 1. The second-order valence-electron chi connectivity index (χ2n) is 2.00. The number of halogens is 1. The first-order valence-corrected chi connectivity index (χ1v) is 4.21. The molecule has 1 saturated heterocycles. The minimum Gasteiger partial charge on any atom is -0.391 e. The normalized spacial score (nSPS) is 38.2. The van der Waals surface area contributed by atoms with Crippen LogP contribution in [-0.4, -0.2) is 28.3 Å². The van der Waals surface area contributed by atoms with E-state index in [0.717, 1.165) is 10.8 Å². The molecule has 8 heavy (non-hydrogen) atoms. The maximum absolute atomic E-state index is 8.90. The predicted octanol–water partition coefficient (Wildman–Crippen LogP) is 0.571. The van der Waals surface area contributed by atoms with E-state index in [2.05, 4.69) is 22.6 Å². The van der Waals surface area contributed by atoms with Crippen molar-refractivity contribution in [1.29, 1.82) is 0 Å². The lowest BCUT2D eigenvalue weighted by molar-refractivity contribution is 0.100. The summed E-state index contributed by atoms with van der Waals surface area (Å²) in [5.41, 5.74) is 0. The van der Waals surface area contributed by atoms with Crippen LogP contribution in [0.3, 0.4) is 0 Å². The molecule has 0 aliphatic carbocycles. The van der Waals surface area contributed by atoms with Crippen molar-refractivity contribution in [1.82, 2.24) is 0 Å². The summed E-state index contributed by atoms with van der Waals surface area (Å²) in [5, 5.41) is 8.90. The summed E-state index contributed by atoms with van der Waals surface area (Å²) < 4.78 is 6.15. The van der Waals surface area contributed by atoms with Crippen LogP contribution in [0.5, 0.6) is 0 Å². The summed E-state index contributed by atoms with van der Waals surface area (Å²) in [5.74, 6) is 0. The van der Waals surface area contributed by atoms with Crippen LogP contribution in [0, 0.1) is 0 Å². The van der Waals surface area contributed by atoms with Gasteiger partial charge in [-0.2, -0.15) is 0 Å². The van der Waals surface area contributed by atoms with Crippen LogP contribution in [0.15, 0.2) is 0 Å². The quantitative estimate of drug-likeness (QED) is 0.525. The second kappa shape index (κ2) is 2.98. The van der Waals surface area contributed by atoms with E-state index in [4.69, 9.17) is 9.84 Å². The van der Waals surface area contributed by atoms with Crippen molar-refractivity contribution in [3.63, 3.8) is 0 Å². The smallest absolute Gasteiger partial charge is 0.0798 e. The summed E-state index contributed by atoms with van der Waals surface area (Å²) in [6.45, 7) is 0.535. The Hall–Kier alpha value is 0.650. The summed E-state index contributed by atoms with van der Waals surface area (Å²) in [6.07, 6.45) is 0.934. The lowest BCUT2D eigenvalue weighted by Gasteiger charge is -2.00. The van der Waals surface area contributed by atoms with E-state index in [-0.39, 0.29) is 6.10 Å². The molecule has 3 heteroatoms. The molecule has 48 valence electrons. The monoisotopic (exact) mass is 228 g/mol. The average Bonchev–Trinajstić information content (AvgIpc) is 2.14. The fraction of sp³-hybridized carbons (Fsp3) is 1.00. The van der Waals surface area contributed by atoms with Gasteiger partial charge >= 0.3 is 0 Å². The van der Waals surface area contributed by atoms with Gasteiger partial charge in [0.1, 0.15) is 0 Å². The molecule has 0 saturated carbocycles. The van der Waals surface area contributed by atoms with E-state index in [0.29, 0.717) is 12.7 Å². The zero-order chi connectivity index (χ0) is 5.98. The van der Waals surface area contributed by atoms with Gasteiger partial charge in [-0.1, -0.05) is 22.6 Å². The van der Waals surface area contributed by atoms with Crippen molar-refractivity contribution in [2.24, 2.45) is 0 Å². The fourth-order valence-corrected chi connectivity index (χ4v) is 1.41. The van der Waals surface area contributed by atoms with Gasteiger partial charge in [-0.05, 0) is 0 Å². The number of aliphatic hydroxyl groups excluding tert-OH is 1. The van der Waals surface area contributed by atoms with Crippen LogP contribution < -0.4 is 0 Å². The van der Waals surface area contributed by atoms with Crippen molar-refractivity contribution in [3.8, 4) is 0 Å². The molecule has 1 heterocycles. The number of aliphatic hydroxyl groups is 1. The van der Waals surface area contributed by atoms with Crippen molar-refractivity contribution in [2.45, 2.75) is 18.6 Å². The van der Waals surface area contributed by atoms with Gasteiger partial charge in [-0.25, -0.2) is 0 Å². The lowest BCUT2D eigenvalue weighted by atomic mass is 10.2. The third kappa shape index (κ3) is 1.56. The molecular formula is C5H9IO2. The average molecular weight is 228 g/mol. The minimum absolute atomic E-state index is 0.199. The Labute approximate surface area is 62.4 Å². The van der Waals surface area contributed by atoms with Gasteiger partial charge in [-0.15, -0.1) is 0 Å². The SMILES string of the molecule is OC1COC(CI)C1. The van der Waals surface area contributed by atoms with Crippen LogP contribution in [0.4, 0.5) is 0 Å². The molecule has 0 aromatic heterocycles. The molecule has 0 amide bonds. The molecule has 0 radical (unpaired) electrons. The first kappa shape index (κ1) is 6.77. The predicted molar refractivity (Wildman–Crippen MR) is 39.3 cm³/mol. The van der Waals surface area contributed by atoms with Gasteiger partial charge in [0.25, 0.3) is 0 Å². The van der Waals surface area contributed by atoms with E-state index in [1.165, 1.54) is 0 Å². The lowest BCUT2D eigenvalue weighted by Crippen LogP contribution is -2.06. The van der Waals surface area contributed by atoms with E-state index in [1.54, 1.807) is 0 Å². The minimum atomic E-state index is -0.199. The van der Waals surface area contributed by atoms with Crippen LogP contribution >= 0.6 is 22.6 Å². The van der Waals surface area contributed by atoms with Gasteiger partial charge in [0.05, 0.1) is 18.8 Å². The summed E-state index contributed by atoms with van der Waals surface area (Å²) >= 11 is 2.26. The molecule has 2 atom stereocenters. The van der Waals surface area contributed by atoms with Crippen LogP contribution in [-0.2, 0) is 4.74 Å². The molecule has 0 aromatic carbocycles. The molecule has 1 aliphatic heterocycles. The Balaban J connectivity index is 2.22. The standard InChI is InChI=1S/C5H9IO2/c6-2-5-1-4(7)3-8-5/h4-5,7H,1-3H2. The van der Waals surface area contributed by atoms with Crippen LogP contribution in [0.2, 0.25) is 0 Å². The van der Waals surface area contributed by atoms with Crippen molar-refractivity contribution < 1.29 is 9.84 Å². The second-order valence-corrected chi connectivity index (χ2v) is 2.88. The number of rotatable bonds is 1. The number of hydrogen-bond donors (Lipinski definition) is 1. The van der Waals surface area contributed by atoms with Crippen molar-refractivity contribution in [2.75, 3.05) is 11.0 Å². The number of ether oxygens (including phenoxy) is 1. The highest BCUT2D eigenvalue weighted by atomic mass is 127. The maximum atomic E-state index is 8.90. The molecular weight excluding hydrogens is 219 g/mol. The van der Waals surface area contributed by atoms with Gasteiger partial charge in [0.15, 0.2) is 0 Å². The Morgan fingerprint density at radius 1 is 1.75 bits per heavy atom. The molecule has 0 aromatic rings. The van der Waals surface area contributed by atoms with Crippen LogP contribution in [0.25, 0.3) is 0 Å². The van der Waals surface area contributed by atoms with Gasteiger partial charge in [0, 0.05) is 10.8 Å². The molecule has 0 spiro atoms. The zero-order valence-electron chi connectivity index (χ0n) is 4.51. The van der Waals surface area contributed by atoms with Crippen molar-refractivity contribution >= 4 is 22.6 Å². The molecule has 2 nitrogen and oxygen atoms in total. The Morgan fingerprint density at radius 2 is 2.50 bits per heavy atom. The van der Waals surface area contributed by atoms with Crippen LogP contribution in [0.1, 0.15) is 6.42 Å². The highest BCUT2D eigenvalue weighted by molar-refractivity contribution is 14.1. The van der Waals surface area contributed by atoms with Crippen molar-refractivity contribution in [3.05, 3.63) is 0 Å². The molecule has 1 fully saturated rings. The largest absolute Gasteiger partial charge is 0.391 e. The molecule has 1 rings (SSSR count). The molecule has 1 aliphatic rings. The van der Waals surface area contributed by atoms with E-state index in [1.807, 2.05) is 0 Å². The zero-order valence-corrected chi connectivity index (χ0v) is 6.67. The Morgan fingerprint density at radius 3 is 2.75 bits per heavy atom. The first-order valence-electron chi connectivity index (χ1n) is 2.68. The maximum Gasteiger partial charge on any atom is 0.0798 e. The molecule has 1 N–H and O–H groups in total. The van der Waals surface area contributed by atoms with E-state index >= 15 is 0 Å². The van der Waals surface area contributed by atoms with E-state index in [9.17, 15) is 0 Å². The Kier molecular flexibility index (Phi) is 2.52. The Bertz CT molecular complexity index is 76.8. The molecule has 2 unspecified atom stereocenters. The van der Waals surface area contributed by atoms with Gasteiger partial charge < -0.3 is 9.84 Å². The number of hydrogen-bond acceptors (Lipinski definition) is 2. The van der Waals surface area contributed by atoms with E-state index < -0.39 is 0 Å². The molecule has 0 bridgehead atoms. The highest BCUT2D eigenvalue weighted by Crippen LogP contribution is 2.14. The summed E-state index contributed by atoms with van der Waals surface area (Å²) in [4.78, 5) is 0. The summed E-state index contributed by atoms with van der Waals surface area (Å²) in [6, 6.07) is 0.